The molecule has 6 nitrogen and oxygen atoms in total. The molecule has 0 aliphatic rings. The van der Waals surface area contributed by atoms with Gasteiger partial charge < -0.3 is 15.0 Å². The summed E-state index contributed by atoms with van der Waals surface area (Å²) in [5, 5.41) is 12.3. The molecule has 0 radical (unpaired) electrons. The van der Waals surface area contributed by atoms with E-state index in [1.165, 1.54) is 6.07 Å². The van der Waals surface area contributed by atoms with Crippen molar-refractivity contribution in [3.05, 3.63) is 72.4 Å². The van der Waals surface area contributed by atoms with Crippen molar-refractivity contribution in [2.24, 2.45) is 5.92 Å². The van der Waals surface area contributed by atoms with Gasteiger partial charge in [0.25, 0.3) is 0 Å². The van der Waals surface area contributed by atoms with Crippen molar-refractivity contribution < 1.29 is 9.90 Å². The number of imidazole rings is 1. The topological polar surface area (TPSA) is 80.0 Å². The van der Waals surface area contributed by atoms with Crippen LogP contribution in [0.4, 0.5) is 11.5 Å². The van der Waals surface area contributed by atoms with Crippen molar-refractivity contribution in [2.45, 2.75) is 19.9 Å². The normalized spacial score (nSPS) is 12.1. The summed E-state index contributed by atoms with van der Waals surface area (Å²) in [5.74, 6) is -0.271. The minimum Gasteiger partial charge on any atom is -0.478 e. The number of anilines is 2. The average molecular weight is 336 g/mol. The Labute approximate surface area is 146 Å². The Morgan fingerprint density at radius 1 is 1.16 bits per heavy atom. The van der Waals surface area contributed by atoms with Crippen LogP contribution in [0.1, 0.15) is 35.8 Å². The van der Waals surface area contributed by atoms with Crippen LogP contribution in [0.5, 0.6) is 0 Å². The fourth-order valence-corrected chi connectivity index (χ4v) is 2.91. The van der Waals surface area contributed by atoms with E-state index in [4.69, 9.17) is 0 Å². The summed E-state index contributed by atoms with van der Waals surface area (Å²) in [6.07, 6.45) is 7.13. The third kappa shape index (κ3) is 3.68. The van der Waals surface area contributed by atoms with Gasteiger partial charge in [0.2, 0.25) is 0 Å². The smallest absolute Gasteiger partial charge is 0.339 e. The number of pyridine rings is 1. The zero-order valence-corrected chi connectivity index (χ0v) is 14.1. The van der Waals surface area contributed by atoms with Gasteiger partial charge in [-0.3, -0.25) is 0 Å². The summed E-state index contributed by atoms with van der Waals surface area (Å²) < 4.78 is 2.09. The molecule has 128 valence electrons. The summed E-state index contributed by atoms with van der Waals surface area (Å²) in [6.45, 7) is 4.34. The van der Waals surface area contributed by atoms with E-state index in [0.717, 1.165) is 11.3 Å². The second-order valence-corrected chi connectivity index (χ2v) is 6.15. The highest BCUT2D eigenvalue weighted by Gasteiger charge is 2.17. The van der Waals surface area contributed by atoms with Crippen LogP contribution in [-0.4, -0.2) is 25.6 Å². The largest absolute Gasteiger partial charge is 0.478 e. The van der Waals surface area contributed by atoms with Gasteiger partial charge in [0, 0.05) is 24.3 Å². The molecular weight excluding hydrogens is 316 g/mol. The molecule has 0 saturated heterocycles. The first-order valence-corrected chi connectivity index (χ1v) is 8.09. The predicted octanol–water partition coefficient (Wildman–Crippen LogP) is 3.97. The van der Waals surface area contributed by atoms with Crippen molar-refractivity contribution in [1.29, 1.82) is 0 Å². The maximum atomic E-state index is 11.3. The van der Waals surface area contributed by atoms with Crippen molar-refractivity contribution in [3.8, 4) is 0 Å². The molecule has 0 aliphatic heterocycles. The molecule has 0 spiro atoms. The van der Waals surface area contributed by atoms with Crippen LogP contribution >= 0.6 is 0 Å². The van der Waals surface area contributed by atoms with Gasteiger partial charge in [-0.25, -0.2) is 14.8 Å². The molecule has 1 atom stereocenters. The molecule has 3 rings (SSSR count). The highest BCUT2D eigenvalue weighted by Crippen LogP contribution is 2.28. The third-order valence-electron chi connectivity index (χ3n) is 4.03. The fourth-order valence-electron chi connectivity index (χ4n) is 2.91. The summed E-state index contributed by atoms with van der Waals surface area (Å²) >= 11 is 0. The molecule has 0 fully saturated rings. The van der Waals surface area contributed by atoms with Gasteiger partial charge in [-0.1, -0.05) is 26.0 Å². The van der Waals surface area contributed by atoms with E-state index < -0.39 is 5.97 Å². The van der Waals surface area contributed by atoms with Crippen LogP contribution in [0.25, 0.3) is 0 Å². The van der Waals surface area contributed by atoms with Crippen LogP contribution < -0.4 is 5.32 Å². The molecule has 2 N–H and O–H groups in total. The molecule has 6 heteroatoms. The first-order valence-electron chi connectivity index (χ1n) is 8.09. The number of nitrogens with zero attached hydrogens (tertiary/aromatic N) is 3. The van der Waals surface area contributed by atoms with Gasteiger partial charge in [-0.2, -0.15) is 0 Å². The summed E-state index contributed by atoms with van der Waals surface area (Å²) in [5.41, 5.74) is 2.10. The summed E-state index contributed by atoms with van der Waals surface area (Å²) in [4.78, 5) is 19.5. The van der Waals surface area contributed by atoms with Crippen molar-refractivity contribution in [1.82, 2.24) is 14.5 Å². The van der Waals surface area contributed by atoms with Crippen molar-refractivity contribution in [3.63, 3.8) is 0 Å². The van der Waals surface area contributed by atoms with Crippen LogP contribution in [0, 0.1) is 5.92 Å². The number of aromatic carboxylic acids is 1. The zero-order valence-electron chi connectivity index (χ0n) is 14.1. The molecule has 0 bridgehead atoms. The first-order chi connectivity index (χ1) is 12.1. The zero-order chi connectivity index (χ0) is 17.8. The average Bonchev–Trinajstić information content (AvgIpc) is 3.10. The van der Waals surface area contributed by atoms with E-state index in [-0.39, 0.29) is 11.6 Å². The van der Waals surface area contributed by atoms with E-state index >= 15 is 0 Å². The fraction of sp³-hybridized carbons (Fsp3) is 0.211. The number of carboxylic acid groups (broad SMARTS) is 1. The number of nitrogens with one attached hydrogen (secondary N) is 1. The van der Waals surface area contributed by atoms with E-state index in [0.29, 0.717) is 11.7 Å². The summed E-state index contributed by atoms with van der Waals surface area (Å²) in [7, 11) is 0. The number of aromatic nitrogens is 3. The van der Waals surface area contributed by atoms with E-state index in [9.17, 15) is 9.90 Å². The minimum absolute atomic E-state index is 0.144. The molecule has 25 heavy (non-hydrogen) atoms. The van der Waals surface area contributed by atoms with Gasteiger partial charge in [-0.05, 0) is 35.7 Å². The van der Waals surface area contributed by atoms with E-state index in [2.05, 4.69) is 33.7 Å². The van der Waals surface area contributed by atoms with Crippen molar-refractivity contribution >= 4 is 17.5 Å². The molecule has 2 aromatic heterocycles. The number of rotatable bonds is 6. The van der Waals surface area contributed by atoms with Crippen molar-refractivity contribution in [2.75, 3.05) is 5.32 Å². The van der Waals surface area contributed by atoms with Crippen LogP contribution in [-0.2, 0) is 0 Å². The van der Waals surface area contributed by atoms with Crippen LogP contribution in [0.15, 0.2) is 61.3 Å². The lowest BCUT2D eigenvalue weighted by Gasteiger charge is -2.23. The molecule has 0 amide bonds. The standard InChI is InChI=1S/C19H20N4O2/c1-13(2)17(23-11-10-20-12-23)14-5-7-15(8-6-14)22-18-16(19(24)25)4-3-9-21-18/h3-13,17H,1-2H3,(H,21,22)(H,24,25). The molecule has 2 heterocycles. The second kappa shape index (κ2) is 7.17. The lowest BCUT2D eigenvalue weighted by atomic mass is 9.95. The highest BCUT2D eigenvalue weighted by atomic mass is 16.4. The van der Waals surface area contributed by atoms with Gasteiger partial charge >= 0.3 is 5.97 Å². The molecule has 0 aliphatic carbocycles. The monoisotopic (exact) mass is 336 g/mol. The lowest BCUT2D eigenvalue weighted by Crippen LogP contribution is -2.15. The Bertz CT molecular complexity index is 842. The highest BCUT2D eigenvalue weighted by molar-refractivity contribution is 5.93. The second-order valence-electron chi connectivity index (χ2n) is 6.15. The Kier molecular flexibility index (Phi) is 4.79. The molecule has 0 saturated carbocycles. The molecule has 1 unspecified atom stereocenters. The van der Waals surface area contributed by atoms with Gasteiger partial charge in [-0.15, -0.1) is 0 Å². The Morgan fingerprint density at radius 3 is 2.52 bits per heavy atom. The maximum absolute atomic E-state index is 11.3. The molecular formula is C19H20N4O2. The van der Waals surface area contributed by atoms with Crippen LogP contribution in [0.2, 0.25) is 0 Å². The van der Waals surface area contributed by atoms with E-state index in [1.54, 1.807) is 18.5 Å². The predicted molar refractivity (Wildman–Crippen MR) is 96.1 cm³/mol. The number of carboxylic acids is 1. The number of hydrogen-bond donors (Lipinski definition) is 2. The summed E-state index contributed by atoms with van der Waals surface area (Å²) in [6, 6.07) is 11.3. The van der Waals surface area contributed by atoms with Gasteiger partial charge in [0.05, 0.1) is 12.4 Å². The number of carbonyl (C=O) groups is 1. The van der Waals surface area contributed by atoms with E-state index in [1.807, 2.05) is 36.8 Å². The first kappa shape index (κ1) is 16.7. The van der Waals surface area contributed by atoms with Gasteiger partial charge in [0.1, 0.15) is 11.4 Å². The lowest BCUT2D eigenvalue weighted by molar-refractivity contribution is 0.0697. The molecule has 1 aromatic carbocycles. The quantitative estimate of drug-likeness (QED) is 0.712. The SMILES string of the molecule is CC(C)C(c1ccc(Nc2ncccc2C(=O)O)cc1)n1ccnc1. The Balaban J connectivity index is 1.84. The molecule has 3 aromatic rings. The van der Waals surface area contributed by atoms with Gasteiger partial charge in [0.15, 0.2) is 0 Å². The maximum Gasteiger partial charge on any atom is 0.339 e. The third-order valence-corrected chi connectivity index (χ3v) is 4.03. The Morgan fingerprint density at radius 2 is 1.92 bits per heavy atom. The number of benzene rings is 1. The van der Waals surface area contributed by atoms with Crippen LogP contribution in [0.3, 0.4) is 0 Å². The number of hydrogen-bond acceptors (Lipinski definition) is 4. The Hall–Kier alpha value is -3.15. The minimum atomic E-state index is -1.01.